The lowest BCUT2D eigenvalue weighted by Crippen LogP contribution is -2.43. The van der Waals surface area contributed by atoms with E-state index in [0.29, 0.717) is 27.9 Å². The number of fused-ring (bicyclic) bond motifs is 1. The van der Waals surface area contributed by atoms with E-state index in [9.17, 15) is 14.0 Å². The smallest absolute Gasteiger partial charge is 0.244 e. The van der Waals surface area contributed by atoms with E-state index < -0.39 is 0 Å². The highest BCUT2D eigenvalue weighted by Gasteiger charge is 2.29. The highest BCUT2D eigenvalue weighted by molar-refractivity contribution is 7.99. The first-order valence-electron chi connectivity index (χ1n) is 11.1. The number of nitrogens with one attached hydrogen (secondary N) is 1. The Morgan fingerprint density at radius 1 is 1.06 bits per heavy atom. The summed E-state index contributed by atoms with van der Waals surface area (Å²) in [6.45, 7) is -0.0216. The molecule has 7 nitrogen and oxygen atoms in total. The number of para-hydroxylation sites is 2. The van der Waals surface area contributed by atoms with E-state index in [4.69, 9.17) is 0 Å². The van der Waals surface area contributed by atoms with E-state index >= 15 is 0 Å². The second-order valence-corrected chi connectivity index (χ2v) is 9.22. The van der Waals surface area contributed by atoms with Crippen molar-refractivity contribution in [2.45, 2.75) is 43.3 Å². The van der Waals surface area contributed by atoms with Crippen LogP contribution in [0.1, 0.15) is 38.1 Å². The Hall–Kier alpha value is -3.20. The number of anilines is 2. The minimum absolute atomic E-state index is 0.0216. The number of amides is 2. The quantitative estimate of drug-likeness (QED) is 0.554. The molecule has 1 aliphatic carbocycles. The van der Waals surface area contributed by atoms with Gasteiger partial charge in [-0.2, -0.15) is 0 Å². The average Bonchev–Trinajstić information content (AvgIpc) is 3.26. The van der Waals surface area contributed by atoms with Crippen LogP contribution in [0.15, 0.2) is 53.7 Å². The number of carbonyl (C=O) groups excluding carboxylic acids is 2. The summed E-state index contributed by atoms with van der Waals surface area (Å²) in [7, 11) is 0. The van der Waals surface area contributed by atoms with E-state index in [-0.39, 0.29) is 36.0 Å². The molecule has 0 unspecified atom stereocenters. The molecule has 33 heavy (non-hydrogen) atoms. The van der Waals surface area contributed by atoms with E-state index in [0.717, 1.165) is 25.7 Å². The fourth-order valence-electron chi connectivity index (χ4n) is 4.53. The zero-order valence-corrected chi connectivity index (χ0v) is 18.9. The summed E-state index contributed by atoms with van der Waals surface area (Å²) in [5, 5.41) is 12.1. The third kappa shape index (κ3) is 4.37. The summed E-state index contributed by atoms with van der Waals surface area (Å²) in [5.74, 6) is -0.153. The van der Waals surface area contributed by atoms with Crippen LogP contribution in [0.25, 0.3) is 11.4 Å². The van der Waals surface area contributed by atoms with Crippen molar-refractivity contribution in [3.63, 3.8) is 0 Å². The minimum Gasteiger partial charge on any atom is -0.323 e. The molecular formula is C24H24FN5O2S. The maximum absolute atomic E-state index is 14.6. The van der Waals surface area contributed by atoms with Crippen LogP contribution >= 0.6 is 11.8 Å². The predicted octanol–water partition coefficient (Wildman–Crippen LogP) is 4.67. The van der Waals surface area contributed by atoms with Crippen molar-refractivity contribution in [1.29, 1.82) is 0 Å². The van der Waals surface area contributed by atoms with E-state index in [1.54, 1.807) is 24.3 Å². The molecule has 1 fully saturated rings. The van der Waals surface area contributed by atoms with Gasteiger partial charge in [0.15, 0.2) is 11.0 Å². The molecule has 1 saturated carbocycles. The van der Waals surface area contributed by atoms with Crippen molar-refractivity contribution >= 4 is 35.0 Å². The predicted molar refractivity (Wildman–Crippen MR) is 126 cm³/mol. The molecule has 0 radical (unpaired) electrons. The standard InChI is InChI=1S/C24H24FN5O2S/c25-18-11-5-4-10-17(18)23-27-28-24(30(23)16-8-2-1-3-9-16)33-15-22(32)29-14-21(31)26-19-12-6-7-13-20(19)29/h4-7,10-13,16H,1-3,8-9,14-15H2,(H,26,31). The first-order valence-corrected chi connectivity index (χ1v) is 12.1. The number of rotatable bonds is 5. The molecule has 1 aromatic heterocycles. The van der Waals surface area contributed by atoms with Gasteiger partial charge in [0.1, 0.15) is 12.4 Å². The fraction of sp³-hybridized carbons (Fsp3) is 0.333. The number of carbonyl (C=O) groups is 2. The van der Waals surface area contributed by atoms with Gasteiger partial charge in [-0.1, -0.05) is 55.3 Å². The number of hydrogen-bond donors (Lipinski definition) is 1. The molecule has 5 rings (SSSR count). The van der Waals surface area contributed by atoms with Gasteiger partial charge in [0.2, 0.25) is 11.8 Å². The third-order valence-electron chi connectivity index (χ3n) is 6.12. The van der Waals surface area contributed by atoms with Crippen LogP contribution in [0.2, 0.25) is 0 Å². The summed E-state index contributed by atoms with van der Waals surface area (Å²) in [5.41, 5.74) is 1.72. The molecule has 1 aliphatic heterocycles. The Morgan fingerprint density at radius 3 is 2.64 bits per heavy atom. The van der Waals surface area contributed by atoms with Gasteiger partial charge in [-0.3, -0.25) is 14.2 Å². The second kappa shape index (κ2) is 9.35. The van der Waals surface area contributed by atoms with Crippen LogP contribution in [0.4, 0.5) is 15.8 Å². The van der Waals surface area contributed by atoms with Crippen LogP contribution in [0.3, 0.4) is 0 Å². The van der Waals surface area contributed by atoms with Gasteiger partial charge in [-0.15, -0.1) is 10.2 Å². The summed E-state index contributed by atoms with van der Waals surface area (Å²) in [6, 6.07) is 14.0. The van der Waals surface area contributed by atoms with Crippen LogP contribution < -0.4 is 10.2 Å². The van der Waals surface area contributed by atoms with Crippen molar-refractivity contribution in [2.75, 3.05) is 22.5 Å². The lowest BCUT2D eigenvalue weighted by Gasteiger charge is -2.29. The highest BCUT2D eigenvalue weighted by atomic mass is 32.2. The van der Waals surface area contributed by atoms with Crippen molar-refractivity contribution in [3.8, 4) is 11.4 Å². The normalized spacial score (nSPS) is 16.4. The van der Waals surface area contributed by atoms with Gasteiger partial charge in [0.05, 0.1) is 22.7 Å². The summed E-state index contributed by atoms with van der Waals surface area (Å²) in [6.07, 6.45) is 5.33. The number of thioether (sulfide) groups is 1. The van der Waals surface area contributed by atoms with Gasteiger partial charge in [0.25, 0.3) is 0 Å². The monoisotopic (exact) mass is 465 g/mol. The number of aromatic nitrogens is 3. The molecule has 9 heteroatoms. The summed E-state index contributed by atoms with van der Waals surface area (Å²) in [4.78, 5) is 26.7. The Labute approximate surface area is 195 Å². The second-order valence-electron chi connectivity index (χ2n) is 8.28. The minimum atomic E-state index is -0.342. The summed E-state index contributed by atoms with van der Waals surface area (Å²) < 4.78 is 16.6. The topological polar surface area (TPSA) is 80.1 Å². The van der Waals surface area contributed by atoms with Gasteiger partial charge in [-0.05, 0) is 37.1 Å². The maximum Gasteiger partial charge on any atom is 0.244 e. The maximum atomic E-state index is 14.6. The SMILES string of the molecule is O=C1CN(C(=O)CSc2nnc(-c3ccccc3F)n2C2CCCCC2)c2ccccc2N1. The Kier molecular flexibility index (Phi) is 6.13. The Bertz CT molecular complexity index is 1190. The first-order chi connectivity index (χ1) is 16.1. The molecule has 0 spiro atoms. The number of hydrogen-bond acceptors (Lipinski definition) is 5. The van der Waals surface area contributed by atoms with E-state index in [1.165, 1.54) is 29.1 Å². The molecule has 2 aromatic carbocycles. The summed E-state index contributed by atoms with van der Waals surface area (Å²) >= 11 is 1.28. The van der Waals surface area contributed by atoms with E-state index in [1.807, 2.05) is 22.8 Å². The number of halogens is 1. The number of nitrogens with zero attached hydrogens (tertiary/aromatic N) is 4. The molecular weight excluding hydrogens is 441 g/mol. The number of benzene rings is 2. The zero-order valence-electron chi connectivity index (χ0n) is 18.0. The molecule has 0 bridgehead atoms. The molecule has 1 N–H and O–H groups in total. The third-order valence-corrected chi connectivity index (χ3v) is 7.04. The molecule has 2 heterocycles. The van der Waals surface area contributed by atoms with Crippen LogP contribution in [0, 0.1) is 5.82 Å². The molecule has 2 aliphatic rings. The highest BCUT2D eigenvalue weighted by Crippen LogP contribution is 2.36. The van der Waals surface area contributed by atoms with Gasteiger partial charge < -0.3 is 10.2 Å². The Morgan fingerprint density at radius 2 is 1.82 bits per heavy atom. The zero-order chi connectivity index (χ0) is 22.8. The van der Waals surface area contributed by atoms with E-state index in [2.05, 4.69) is 15.5 Å². The lowest BCUT2D eigenvalue weighted by molar-refractivity contribution is -0.120. The van der Waals surface area contributed by atoms with Crippen LogP contribution in [0.5, 0.6) is 0 Å². The molecule has 2 amide bonds. The van der Waals surface area contributed by atoms with Gasteiger partial charge in [-0.25, -0.2) is 4.39 Å². The molecule has 3 aromatic rings. The van der Waals surface area contributed by atoms with Crippen LogP contribution in [-0.4, -0.2) is 38.9 Å². The molecule has 170 valence electrons. The largest absolute Gasteiger partial charge is 0.323 e. The lowest BCUT2D eigenvalue weighted by atomic mass is 9.95. The fourth-order valence-corrected chi connectivity index (χ4v) is 5.41. The van der Waals surface area contributed by atoms with Crippen molar-refractivity contribution in [1.82, 2.24) is 14.8 Å². The van der Waals surface area contributed by atoms with Gasteiger partial charge >= 0.3 is 0 Å². The Balaban J connectivity index is 1.41. The van der Waals surface area contributed by atoms with Gasteiger partial charge in [0, 0.05) is 6.04 Å². The van der Waals surface area contributed by atoms with Crippen molar-refractivity contribution in [2.24, 2.45) is 0 Å². The first kappa shape index (κ1) is 21.6. The van der Waals surface area contributed by atoms with Crippen molar-refractivity contribution < 1.29 is 14.0 Å². The average molecular weight is 466 g/mol. The molecule has 0 atom stereocenters. The van der Waals surface area contributed by atoms with Crippen molar-refractivity contribution in [3.05, 3.63) is 54.3 Å². The van der Waals surface area contributed by atoms with Crippen LogP contribution in [-0.2, 0) is 9.59 Å². The molecule has 0 saturated heterocycles.